The third kappa shape index (κ3) is 7.52. The number of H-pyrrole nitrogens is 1. The summed E-state index contributed by atoms with van der Waals surface area (Å²) < 4.78 is 0. The molecule has 0 aliphatic carbocycles. The van der Waals surface area contributed by atoms with E-state index < -0.39 is 47.9 Å². The fourth-order valence-corrected chi connectivity index (χ4v) is 5.28. The van der Waals surface area contributed by atoms with E-state index in [9.17, 15) is 29.1 Å². The second-order valence-corrected chi connectivity index (χ2v) is 10.5. The van der Waals surface area contributed by atoms with E-state index in [0.29, 0.717) is 19.4 Å². The topological polar surface area (TPSA) is 201 Å². The molecule has 4 amide bonds. The maximum absolute atomic E-state index is 13.5. The summed E-state index contributed by atoms with van der Waals surface area (Å²) in [5.74, 6) is -3.64. The molecule has 222 valence electrons. The predicted molar refractivity (Wildman–Crippen MR) is 155 cm³/mol. The molecule has 2 heterocycles. The smallest absolute Gasteiger partial charge is 0.326 e. The van der Waals surface area contributed by atoms with Crippen LogP contribution in [0.5, 0.6) is 0 Å². The minimum Gasteiger partial charge on any atom is -0.480 e. The van der Waals surface area contributed by atoms with Crippen LogP contribution in [0.4, 0.5) is 0 Å². The number of aromatic amines is 1. The van der Waals surface area contributed by atoms with Gasteiger partial charge in [0.25, 0.3) is 0 Å². The summed E-state index contributed by atoms with van der Waals surface area (Å²) in [6.45, 7) is 0.349. The molecule has 4 atom stereocenters. The number of para-hydroxylation sites is 1. The summed E-state index contributed by atoms with van der Waals surface area (Å²) >= 11 is 0. The number of aliphatic carboxylic acids is 1. The number of fused-ring (bicyclic) bond motifs is 1. The monoisotopic (exact) mass is 576 g/mol. The molecule has 12 heteroatoms. The van der Waals surface area contributed by atoms with Crippen LogP contribution in [0.3, 0.4) is 0 Å². The minimum atomic E-state index is -1.37. The Morgan fingerprint density at radius 1 is 0.976 bits per heavy atom. The quantitative estimate of drug-likeness (QED) is 0.171. The first-order valence-corrected chi connectivity index (χ1v) is 13.9. The molecule has 0 bridgehead atoms. The molecule has 2 aromatic carbocycles. The number of primary amides is 1. The van der Waals surface area contributed by atoms with Crippen molar-refractivity contribution in [3.63, 3.8) is 0 Å². The van der Waals surface area contributed by atoms with E-state index in [2.05, 4.69) is 15.6 Å². The highest BCUT2D eigenvalue weighted by Crippen LogP contribution is 2.22. The SMILES string of the molecule is NC(=O)CCC(NC(=O)C(Cc1ccccc1)NC(=O)C1CCCN1C(=O)C(N)Cc1c[nH]c2ccccc12)C(=O)O. The van der Waals surface area contributed by atoms with Gasteiger partial charge in [-0.1, -0.05) is 48.5 Å². The molecule has 4 unspecified atom stereocenters. The molecule has 1 fully saturated rings. The lowest BCUT2D eigenvalue weighted by Gasteiger charge is -2.28. The third-order valence-electron chi connectivity index (χ3n) is 7.48. The van der Waals surface area contributed by atoms with Gasteiger partial charge in [0.2, 0.25) is 23.6 Å². The summed E-state index contributed by atoms with van der Waals surface area (Å²) in [4.78, 5) is 67.7. The van der Waals surface area contributed by atoms with Crippen molar-refractivity contribution in [1.82, 2.24) is 20.5 Å². The number of hydrogen-bond donors (Lipinski definition) is 6. The lowest BCUT2D eigenvalue weighted by molar-refractivity contribution is -0.143. The molecule has 1 aliphatic rings. The molecule has 42 heavy (non-hydrogen) atoms. The van der Waals surface area contributed by atoms with Crippen LogP contribution in [-0.2, 0) is 36.8 Å². The standard InChI is InChI=1S/C30H36N6O6/c31-21(16-19-17-33-22-10-5-4-9-20(19)22)29(40)36-14-6-11-25(36)28(39)35-24(15-18-7-2-1-3-8-18)27(38)34-23(30(41)42)12-13-26(32)37/h1-5,7-10,17,21,23-25,33H,6,11-16,31H2,(H2,32,37)(H,34,38)(H,35,39)(H,41,42). The Balaban J connectivity index is 1.46. The average molecular weight is 577 g/mol. The van der Waals surface area contributed by atoms with Crippen LogP contribution >= 0.6 is 0 Å². The predicted octanol–water partition coefficient (Wildman–Crippen LogP) is 0.591. The van der Waals surface area contributed by atoms with Gasteiger partial charge in [-0.05, 0) is 42.9 Å². The molecule has 3 aromatic rings. The fourth-order valence-electron chi connectivity index (χ4n) is 5.28. The van der Waals surface area contributed by atoms with Gasteiger partial charge in [0.1, 0.15) is 18.1 Å². The normalized spacial score (nSPS) is 16.9. The van der Waals surface area contributed by atoms with Crippen LogP contribution in [0.15, 0.2) is 60.8 Å². The van der Waals surface area contributed by atoms with Crippen molar-refractivity contribution < 1.29 is 29.1 Å². The molecule has 12 nitrogen and oxygen atoms in total. The van der Waals surface area contributed by atoms with Gasteiger partial charge < -0.3 is 37.1 Å². The van der Waals surface area contributed by atoms with Crippen LogP contribution in [0.2, 0.25) is 0 Å². The van der Waals surface area contributed by atoms with E-state index in [1.807, 2.05) is 36.5 Å². The Bertz CT molecular complexity index is 1440. The molecule has 0 radical (unpaired) electrons. The van der Waals surface area contributed by atoms with Crippen molar-refractivity contribution in [2.45, 2.75) is 62.7 Å². The molecule has 0 spiro atoms. The number of likely N-dealkylation sites (tertiary alicyclic amines) is 1. The Labute approximate surface area is 242 Å². The van der Waals surface area contributed by atoms with E-state index in [1.54, 1.807) is 24.3 Å². The molecule has 1 aromatic heterocycles. The molecular weight excluding hydrogens is 540 g/mol. The first kappa shape index (κ1) is 30.3. The summed E-state index contributed by atoms with van der Waals surface area (Å²) in [5, 5.41) is 15.7. The minimum absolute atomic E-state index is 0.0846. The number of carboxylic acids is 1. The van der Waals surface area contributed by atoms with Gasteiger partial charge in [0.15, 0.2) is 0 Å². The van der Waals surface area contributed by atoms with Gasteiger partial charge in [-0.2, -0.15) is 0 Å². The molecule has 1 saturated heterocycles. The lowest BCUT2D eigenvalue weighted by Crippen LogP contribution is -2.57. The highest BCUT2D eigenvalue weighted by Gasteiger charge is 2.38. The molecular formula is C30H36N6O6. The van der Waals surface area contributed by atoms with Crippen LogP contribution in [0.1, 0.15) is 36.8 Å². The number of aromatic nitrogens is 1. The number of hydrogen-bond acceptors (Lipinski definition) is 6. The van der Waals surface area contributed by atoms with Crippen molar-refractivity contribution in [2.75, 3.05) is 6.54 Å². The van der Waals surface area contributed by atoms with Crippen molar-refractivity contribution in [3.8, 4) is 0 Å². The van der Waals surface area contributed by atoms with Crippen LogP contribution in [0.25, 0.3) is 10.9 Å². The van der Waals surface area contributed by atoms with E-state index in [4.69, 9.17) is 11.5 Å². The van der Waals surface area contributed by atoms with Crippen LogP contribution < -0.4 is 22.1 Å². The van der Waals surface area contributed by atoms with E-state index in [0.717, 1.165) is 22.0 Å². The van der Waals surface area contributed by atoms with E-state index in [-0.39, 0.29) is 31.6 Å². The first-order valence-electron chi connectivity index (χ1n) is 13.9. The van der Waals surface area contributed by atoms with E-state index in [1.165, 1.54) is 4.90 Å². The van der Waals surface area contributed by atoms with Gasteiger partial charge in [-0.3, -0.25) is 19.2 Å². The number of benzene rings is 2. The number of carboxylic acid groups (broad SMARTS) is 1. The van der Waals surface area contributed by atoms with Gasteiger partial charge in [-0.15, -0.1) is 0 Å². The Kier molecular flexibility index (Phi) is 9.92. The zero-order valence-corrected chi connectivity index (χ0v) is 23.1. The van der Waals surface area contributed by atoms with Gasteiger partial charge in [-0.25, -0.2) is 4.79 Å². The summed E-state index contributed by atoms with van der Waals surface area (Å²) in [7, 11) is 0. The van der Waals surface area contributed by atoms with Crippen LogP contribution in [0, 0.1) is 0 Å². The van der Waals surface area contributed by atoms with Crippen molar-refractivity contribution in [2.24, 2.45) is 11.5 Å². The highest BCUT2D eigenvalue weighted by molar-refractivity contribution is 5.95. The highest BCUT2D eigenvalue weighted by atomic mass is 16.4. The zero-order chi connectivity index (χ0) is 30.2. The summed E-state index contributed by atoms with van der Waals surface area (Å²) in [6, 6.07) is 12.4. The summed E-state index contributed by atoms with van der Waals surface area (Å²) in [5.41, 5.74) is 14.1. The molecule has 1 aliphatic heterocycles. The number of rotatable bonds is 13. The molecule has 4 rings (SSSR count). The van der Waals surface area contributed by atoms with Crippen molar-refractivity contribution >= 4 is 40.5 Å². The van der Waals surface area contributed by atoms with Gasteiger partial charge in [0, 0.05) is 36.5 Å². The number of nitrogens with one attached hydrogen (secondary N) is 3. The number of carbonyl (C=O) groups excluding carboxylic acids is 4. The maximum atomic E-state index is 13.5. The Hall–Kier alpha value is -4.71. The number of carbonyl (C=O) groups is 5. The van der Waals surface area contributed by atoms with Crippen LogP contribution in [-0.4, -0.2) is 75.3 Å². The zero-order valence-electron chi connectivity index (χ0n) is 23.1. The maximum Gasteiger partial charge on any atom is 0.326 e. The van der Waals surface area contributed by atoms with Crippen molar-refractivity contribution in [1.29, 1.82) is 0 Å². The number of nitrogens with zero attached hydrogens (tertiary/aromatic N) is 1. The average Bonchev–Trinajstić information content (AvgIpc) is 3.62. The first-order chi connectivity index (χ1) is 20.1. The largest absolute Gasteiger partial charge is 0.480 e. The van der Waals surface area contributed by atoms with E-state index >= 15 is 0 Å². The van der Waals surface area contributed by atoms with Gasteiger partial charge in [0.05, 0.1) is 6.04 Å². The Morgan fingerprint density at radius 2 is 1.69 bits per heavy atom. The fraction of sp³-hybridized carbons (Fsp3) is 0.367. The Morgan fingerprint density at radius 3 is 2.40 bits per heavy atom. The molecule has 8 N–H and O–H groups in total. The van der Waals surface area contributed by atoms with Gasteiger partial charge >= 0.3 is 5.97 Å². The summed E-state index contributed by atoms with van der Waals surface area (Å²) in [6.07, 6.45) is 2.76. The number of nitrogens with two attached hydrogens (primary N) is 2. The number of amides is 4. The third-order valence-corrected chi connectivity index (χ3v) is 7.48. The second kappa shape index (κ2) is 13.8. The molecule has 0 saturated carbocycles. The lowest BCUT2D eigenvalue weighted by atomic mass is 10.0. The second-order valence-electron chi connectivity index (χ2n) is 10.5. The van der Waals surface area contributed by atoms with Crippen molar-refractivity contribution in [3.05, 3.63) is 71.9 Å².